The lowest BCUT2D eigenvalue weighted by Gasteiger charge is -1.99. The van der Waals surface area contributed by atoms with Gasteiger partial charge in [-0.15, -0.1) is 0 Å². The number of carbonyl (C=O) groups is 2. The highest BCUT2D eigenvalue weighted by molar-refractivity contribution is 5.95. The number of benzene rings is 2. The van der Waals surface area contributed by atoms with E-state index in [0.29, 0.717) is 11.1 Å². The molecule has 0 aliphatic rings. The standard InChI is InChI=1S/C22H18O2/c1-15-9-19(13-21(11-15)17(3)23)7-5-6-8-20-10-16(2)12-22(14-20)18(4)24/h9-14H,1-4H3. The summed E-state index contributed by atoms with van der Waals surface area (Å²) in [5, 5.41) is 0. The molecule has 2 heteroatoms. The summed E-state index contributed by atoms with van der Waals surface area (Å²) in [7, 11) is 0. The highest BCUT2D eigenvalue weighted by Gasteiger charge is 2.02. The third-order valence-corrected chi connectivity index (χ3v) is 3.44. The van der Waals surface area contributed by atoms with Gasteiger partial charge in [-0.05, 0) is 87.1 Å². The average Bonchev–Trinajstić information content (AvgIpc) is 2.50. The molecule has 0 fully saturated rings. The first kappa shape index (κ1) is 17.3. The smallest absolute Gasteiger partial charge is 0.159 e. The molecular formula is C22H18O2. The van der Waals surface area contributed by atoms with Gasteiger partial charge in [-0.25, -0.2) is 0 Å². The number of aryl methyl sites for hydroxylation is 2. The zero-order valence-electron chi connectivity index (χ0n) is 14.3. The van der Waals surface area contributed by atoms with Crippen LogP contribution in [0.25, 0.3) is 0 Å². The lowest BCUT2D eigenvalue weighted by Crippen LogP contribution is -1.94. The topological polar surface area (TPSA) is 34.1 Å². The summed E-state index contributed by atoms with van der Waals surface area (Å²) in [5.74, 6) is 11.6. The van der Waals surface area contributed by atoms with Crippen LogP contribution >= 0.6 is 0 Å². The van der Waals surface area contributed by atoms with Crippen LogP contribution in [0.1, 0.15) is 56.8 Å². The Kier molecular flexibility index (Phi) is 5.35. The van der Waals surface area contributed by atoms with Crippen LogP contribution in [-0.2, 0) is 0 Å². The van der Waals surface area contributed by atoms with Crippen LogP contribution in [0, 0.1) is 37.5 Å². The minimum absolute atomic E-state index is 0.0179. The Labute approximate surface area is 142 Å². The maximum Gasteiger partial charge on any atom is 0.159 e. The van der Waals surface area contributed by atoms with Gasteiger partial charge in [-0.2, -0.15) is 0 Å². The van der Waals surface area contributed by atoms with E-state index in [2.05, 4.69) is 23.7 Å². The molecule has 2 aromatic rings. The Bertz CT molecular complexity index is 862. The molecule has 0 spiro atoms. The van der Waals surface area contributed by atoms with Crippen molar-refractivity contribution < 1.29 is 9.59 Å². The first-order chi connectivity index (χ1) is 11.3. The molecule has 118 valence electrons. The lowest BCUT2D eigenvalue weighted by atomic mass is 10.0. The number of ketones is 2. The molecule has 0 saturated carbocycles. The number of hydrogen-bond acceptors (Lipinski definition) is 2. The van der Waals surface area contributed by atoms with Crippen molar-refractivity contribution in [1.82, 2.24) is 0 Å². The fourth-order valence-electron chi connectivity index (χ4n) is 2.32. The van der Waals surface area contributed by atoms with Crippen molar-refractivity contribution in [2.24, 2.45) is 0 Å². The van der Waals surface area contributed by atoms with Crippen molar-refractivity contribution in [3.63, 3.8) is 0 Å². The monoisotopic (exact) mass is 314 g/mol. The third kappa shape index (κ3) is 4.70. The molecule has 2 nitrogen and oxygen atoms in total. The number of carbonyl (C=O) groups excluding carboxylic acids is 2. The Morgan fingerprint density at radius 3 is 1.38 bits per heavy atom. The predicted octanol–water partition coefficient (Wildman–Crippen LogP) is 4.11. The molecule has 0 aliphatic heterocycles. The molecule has 0 N–H and O–H groups in total. The summed E-state index contributed by atoms with van der Waals surface area (Å²) in [5.41, 5.74) is 4.81. The average molecular weight is 314 g/mol. The molecular weight excluding hydrogens is 296 g/mol. The SMILES string of the molecule is CC(=O)c1cc(C)cc(C#CC#Cc2cc(C)cc(C(C)=O)c2)c1. The quantitative estimate of drug-likeness (QED) is 0.617. The summed E-state index contributed by atoms with van der Waals surface area (Å²) in [6.07, 6.45) is 0. The van der Waals surface area contributed by atoms with E-state index < -0.39 is 0 Å². The van der Waals surface area contributed by atoms with Gasteiger partial charge in [0.25, 0.3) is 0 Å². The predicted molar refractivity (Wildman–Crippen MR) is 96.1 cm³/mol. The maximum atomic E-state index is 11.5. The van der Waals surface area contributed by atoms with Gasteiger partial charge in [0.1, 0.15) is 0 Å². The van der Waals surface area contributed by atoms with E-state index >= 15 is 0 Å². The van der Waals surface area contributed by atoms with E-state index in [-0.39, 0.29) is 11.6 Å². The first-order valence-electron chi connectivity index (χ1n) is 7.62. The van der Waals surface area contributed by atoms with Crippen LogP contribution in [0.5, 0.6) is 0 Å². The number of hydrogen-bond donors (Lipinski definition) is 0. The molecule has 0 amide bonds. The Morgan fingerprint density at radius 2 is 1.04 bits per heavy atom. The van der Waals surface area contributed by atoms with Crippen molar-refractivity contribution in [2.75, 3.05) is 0 Å². The summed E-state index contributed by atoms with van der Waals surface area (Å²) in [4.78, 5) is 23.0. The van der Waals surface area contributed by atoms with Crippen molar-refractivity contribution in [2.45, 2.75) is 27.7 Å². The molecule has 0 radical (unpaired) electrons. The van der Waals surface area contributed by atoms with E-state index in [1.807, 2.05) is 38.1 Å². The van der Waals surface area contributed by atoms with E-state index in [1.165, 1.54) is 13.8 Å². The largest absolute Gasteiger partial charge is 0.295 e. The van der Waals surface area contributed by atoms with Crippen LogP contribution in [0.4, 0.5) is 0 Å². The molecule has 2 rings (SSSR count). The minimum atomic E-state index is 0.0179. The lowest BCUT2D eigenvalue weighted by molar-refractivity contribution is 0.100. The molecule has 0 aliphatic carbocycles. The second-order valence-electron chi connectivity index (χ2n) is 5.79. The minimum Gasteiger partial charge on any atom is -0.295 e. The van der Waals surface area contributed by atoms with Crippen molar-refractivity contribution >= 4 is 11.6 Å². The Balaban J connectivity index is 2.28. The molecule has 2 aromatic carbocycles. The van der Waals surface area contributed by atoms with Crippen molar-refractivity contribution in [3.8, 4) is 23.7 Å². The van der Waals surface area contributed by atoms with Crippen LogP contribution in [-0.4, -0.2) is 11.6 Å². The number of Topliss-reactive ketones (excluding diaryl/α,β-unsaturated/α-hetero) is 2. The molecule has 24 heavy (non-hydrogen) atoms. The summed E-state index contributed by atoms with van der Waals surface area (Å²) in [6.45, 7) is 6.94. The third-order valence-electron chi connectivity index (χ3n) is 3.44. The highest BCUT2D eigenvalue weighted by atomic mass is 16.1. The van der Waals surface area contributed by atoms with Gasteiger partial charge in [0.05, 0.1) is 0 Å². The van der Waals surface area contributed by atoms with Gasteiger partial charge >= 0.3 is 0 Å². The Morgan fingerprint density at radius 1 is 0.667 bits per heavy atom. The van der Waals surface area contributed by atoms with Gasteiger partial charge in [0.15, 0.2) is 11.6 Å². The molecule has 0 saturated heterocycles. The van der Waals surface area contributed by atoms with Gasteiger partial charge < -0.3 is 0 Å². The highest BCUT2D eigenvalue weighted by Crippen LogP contribution is 2.10. The molecule has 0 aromatic heterocycles. The maximum absolute atomic E-state index is 11.5. The van der Waals surface area contributed by atoms with Crippen LogP contribution in [0.2, 0.25) is 0 Å². The van der Waals surface area contributed by atoms with Crippen molar-refractivity contribution in [3.05, 3.63) is 69.8 Å². The van der Waals surface area contributed by atoms with E-state index in [9.17, 15) is 9.59 Å². The second-order valence-corrected chi connectivity index (χ2v) is 5.79. The van der Waals surface area contributed by atoms with Gasteiger partial charge in [0.2, 0.25) is 0 Å². The van der Waals surface area contributed by atoms with E-state index in [4.69, 9.17) is 0 Å². The van der Waals surface area contributed by atoms with E-state index in [1.54, 1.807) is 12.1 Å². The summed E-state index contributed by atoms with van der Waals surface area (Å²) >= 11 is 0. The van der Waals surface area contributed by atoms with Crippen LogP contribution in [0.15, 0.2) is 36.4 Å². The molecule has 0 unspecified atom stereocenters. The van der Waals surface area contributed by atoms with Crippen LogP contribution in [0.3, 0.4) is 0 Å². The normalized spacial score (nSPS) is 9.33. The fraction of sp³-hybridized carbons (Fsp3) is 0.182. The van der Waals surface area contributed by atoms with Crippen LogP contribution < -0.4 is 0 Å². The van der Waals surface area contributed by atoms with Crippen molar-refractivity contribution in [1.29, 1.82) is 0 Å². The van der Waals surface area contributed by atoms with Gasteiger partial charge in [-0.3, -0.25) is 9.59 Å². The summed E-state index contributed by atoms with van der Waals surface area (Å²) in [6, 6.07) is 11.1. The van der Waals surface area contributed by atoms with Gasteiger partial charge in [-0.1, -0.05) is 11.8 Å². The first-order valence-corrected chi connectivity index (χ1v) is 7.62. The molecule has 0 atom stereocenters. The zero-order chi connectivity index (χ0) is 17.7. The molecule has 0 bridgehead atoms. The fourth-order valence-corrected chi connectivity index (χ4v) is 2.32. The summed E-state index contributed by atoms with van der Waals surface area (Å²) < 4.78 is 0. The zero-order valence-corrected chi connectivity index (χ0v) is 14.3. The van der Waals surface area contributed by atoms with Gasteiger partial charge in [0, 0.05) is 22.3 Å². The Hall–Kier alpha value is -3.10. The van der Waals surface area contributed by atoms with E-state index in [0.717, 1.165) is 22.3 Å². The number of rotatable bonds is 2. The second kappa shape index (κ2) is 7.44. The molecule has 0 heterocycles.